The Bertz CT molecular complexity index is 68.0. The van der Waals surface area contributed by atoms with Crippen LogP contribution in [0.15, 0.2) is 0 Å². The van der Waals surface area contributed by atoms with Gasteiger partial charge >= 0.3 is 0 Å². The van der Waals surface area contributed by atoms with Crippen molar-refractivity contribution in [3.63, 3.8) is 0 Å². The third kappa shape index (κ3) is 6.84. The van der Waals surface area contributed by atoms with Crippen LogP contribution in [0.2, 0.25) is 0 Å². The largest absolute Gasteiger partial charge is 0.243 e. The van der Waals surface area contributed by atoms with E-state index in [-0.39, 0.29) is 0 Å². The van der Waals surface area contributed by atoms with Crippen LogP contribution >= 0.6 is 22.6 Å². The Morgan fingerprint density at radius 1 is 1.86 bits per heavy atom. The van der Waals surface area contributed by atoms with Gasteiger partial charge < -0.3 is 0 Å². The molecule has 0 radical (unpaired) electrons. The highest BCUT2D eigenvalue weighted by atomic mass is 127. The molecule has 4 heteroatoms. The quantitative estimate of drug-likeness (QED) is 0.551. The predicted molar refractivity (Wildman–Crippen MR) is 41.0 cm³/mol. The zero-order chi connectivity index (χ0) is 5.70. The maximum Gasteiger partial charge on any atom is 0.0883 e. The van der Waals surface area contributed by atoms with Crippen LogP contribution in [0.5, 0.6) is 0 Å². The molecule has 0 rings (SSSR count). The molecule has 0 heterocycles. The minimum Gasteiger partial charge on any atom is -0.243 e. The normalized spacial score (nSPS) is 14.0. The van der Waals surface area contributed by atoms with Gasteiger partial charge in [0.2, 0.25) is 0 Å². The smallest absolute Gasteiger partial charge is 0.0883 e. The number of nitrogens with one attached hydrogen (secondary N) is 1. The molecule has 44 valence electrons. The molecule has 0 aromatic heterocycles. The fourth-order valence-electron chi connectivity index (χ4n) is 0.182. The summed E-state index contributed by atoms with van der Waals surface area (Å²) in [5.74, 6) is 0. The van der Waals surface area contributed by atoms with E-state index < -0.39 is 11.0 Å². The summed E-state index contributed by atoms with van der Waals surface area (Å²) in [6.45, 7) is 0.837. The van der Waals surface area contributed by atoms with Crippen molar-refractivity contribution in [3.8, 4) is 0 Å². The molecule has 0 spiro atoms. The van der Waals surface area contributed by atoms with Crippen molar-refractivity contribution in [1.29, 1.82) is 0 Å². The lowest BCUT2D eigenvalue weighted by Crippen LogP contribution is -2.17. The van der Waals surface area contributed by atoms with Crippen LogP contribution in [0.4, 0.5) is 0 Å². The molecule has 1 N–H and O–H groups in total. The molecule has 0 aliphatic heterocycles. The van der Waals surface area contributed by atoms with Crippen molar-refractivity contribution in [2.45, 2.75) is 0 Å². The van der Waals surface area contributed by atoms with Crippen LogP contribution in [0.3, 0.4) is 0 Å². The standard InChI is InChI=1S/C3H8INOS/c1-7(6)5-3-2-4/h5H,2-3H2,1H3. The lowest BCUT2D eigenvalue weighted by atomic mass is 10.8. The van der Waals surface area contributed by atoms with Gasteiger partial charge in [0.25, 0.3) is 0 Å². The number of hydrogen-bond acceptors (Lipinski definition) is 1. The molecule has 0 aliphatic rings. The average Bonchev–Trinajstić information content (AvgIpc) is 1.61. The maximum absolute atomic E-state index is 10.2. The number of rotatable bonds is 3. The van der Waals surface area contributed by atoms with Crippen LogP contribution in [0, 0.1) is 0 Å². The topological polar surface area (TPSA) is 29.1 Å². The van der Waals surface area contributed by atoms with Gasteiger partial charge in [-0.3, -0.25) is 0 Å². The molecule has 0 aliphatic carbocycles. The Morgan fingerprint density at radius 2 is 2.43 bits per heavy atom. The second-order valence-corrected chi connectivity index (χ2v) is 3.31. The van der Waals surface area contributed by atoms with Crippen molar-refractivity contribution >= 4 is 33.6 Å². The van der Waals surface area contributed by atoms with Crippen LogP contribution in [0.25, 0.3) is 0 Å². The van der Waals surface area contributed by atoms with E-state index in [0.717, 1.165) is 11.0 Å². The summed E-state index contributed by atoms with van der Waals surface area (Å²) in [6.07, 6.45) is 1.63. The second kappa shape index (κ2) is 4.99. The molecule has 0 saturated carbocycles. The Hall–Kier alpha value is 0.840. The van der Waals surface area contributed by atoms with Gasteiger partial charge in [0.15, 0.2) is 0 Å². The first kappa shape index (κ1) is 7.84. The third-order valence-electron chi connectivity index (χ3n) is 0.400. The number of hydrogen-bond donors (Lipinski definition) is 1. The van der Waals surface area contributed by atoms with Gasteiger partial charge in [-0.05, 0) is 0 Å². The van der Waals surface area contributed by atoms with E-state index >= 15 is 0 Å². The third-order valence-corrected chi connectivity index (χ3v) is 1.55. The highest BCUT2D eigenvalue weighted by Crippen LogP contribution is 1.75. The first-order chi connectivity index (χ1) is 3.27. The van der Waals surface area contributed by atoms with Gasteiger partial charge in [0.1, 0.15) is 0 Å². The summed E-state index contributed by atoms with van der Waals surface area (Å²) in [5.41, 5.74) is 0. The summed E-state index contributed by atoms with van der Waals surface area (Å²) < 4.78 is 14.0. The van der Waals surface area contributed by atoms with Crippen molar-refractivity contribution in [2.24, 2.45) is 0 Å². The van der Waals surface area contributed by atoms with E-state index in [1.165, 1.54) is 0 Å². The van der Waals surface area contributed by atoms with Gasteiger partial charge in [-0.25, -0.2) is 8.93 Å². The monoisotopic (exact) mass is 233 g/mol. The van der Waals surface area contributed by atoms with E-state index in [1.807, 2.05) is 0 Å². The first-order valence-corrected chi connectivity index (χ1v) is 4.98. The van der Waals surface area contributed by atoms with Crippen LogP contribution in [-0.4, -0.2) is 21.4 Å². The highest BCUT2D eigenvalue weighted by molar-refractivity contribution is 14.1. The fraction of sp³-hybridized carbons (Fsp3) is 1.00. The van der Waals surface area contributed by atoms with E-state index in [2.05, 4.69) is 27.3 Å². The van der Waals surface area contributed by atoms with Crippen molar-refractivity contribution < 1.29 is 4.21 Å². The van der Waals surface area contributed by atoms with E-state index in [4.69, 9.17) is 0 Å². The lowest BCUT2D eigenvalue weighted by molar-refractivity contribution is 0.679. The van der Waals surface area contributed by atoms with Crippen LogP contribution < -0.4 is 4.72 Å². The van der Waals surface area contributed by atoms with Gasteiger partial charge in [0.05, 0.1) is 11.0 Å². The lowest BCUT2D eigenvalue weighted by Gasteiger charge is -1.91. The van der Waals surface area contributed by atoms with Crippen LogP contribution in [0.1, 0.15) is 0 Å². The zero-order valence-electron chi connectivity index (χ0n) is 4.11. The van der Waals surface area contributed by atoms with Crippen LogP contribution in [-0.2, 0) is 11.0 Å². The zero-order valence-corrected chi connectivity index (χ0v) is 7.08. The molecule has 1 atom stereocenters. The molecule has 0 amide bonds. The molecule has 1 unspecified atom stereocenters. The summed E-state index contributed by atoms with van der Waals surface area (Å²) in [7, 11) is -0.820. The molecule has 0 aromatic carbocycles. The van der Waals surface area contributed by atoms with E-state index in [1.54, 1.807) is 6.26 Å². The summed E-state index contributed by atoms with van der Waals surface area (Å²) in [4.78, 5) is 0. The Labute approximate surface area is 59.8 Å². The summed E-state index contributed by atoms with van der Waals surface area (Å²) in [5, 5.41) is 0. The molecular weight excluding hydrogens is 225 g/mol. The molecule has 0 aromatic rings. The minimum absolute atomic E-state index is 0.820. The molecular formula is C3H8INOS. The summed E-state index contributed by atoms with van der Waals surface area (Å²) >= 11 is 2.22. The Morgan fingerprint density at radius 3 is 2.57 bits per heavy atom. The van der Waals surface area contributed by atoms with E-state index in [9.17, 15) is 4.21 Å². The SMILES string of the molecule is CS(=O)NCCI. The second-order valence-electron chi connectivity index (χ2n) is 1.04. The Kier molecular flexibility index (Phi) is 5.58. The fourth-order valence-corrected chi connectivity index (χ4v) is 1.21. The minimum atomic E-state index is -0.820. The van der Waals surface area contributed by atoms with Crippen molar-refractivity contribution in [1.82, 2.24) is 4.72 Å². The predicted octanol–water partition coefficient (Wildman–Crippen LogP) is 0.304. The van der Waals surface area contributed by atoms with Crippen molar-refractivity contribution in [3.05, 3.63) is 0 Å². The highest BCUT2D eigenvalue weighted by Gasteiger charge is 1.82. The molecule has 2 nitrogen and oxygen atoms in total. The number of halogens is 1. The molecule has 0 saturated heterocycles. The molecule has 0 fully saturated rings. The first-order valence-electron chi connectivity index (χ1n) is 1.90. The van der Waals surface area contributed by atoms with Gasteiger partial charge in [-0.1, -0.05) is 22.6 Å². The maximum atomic E-state index is 10.2. The Balaban J connectivity index is 2.82. The number of alkyl halides is 1. The average molecular weight is 233 g/mol. The van der Waals surface area contributed by atoms with Gasteiger partial charge in [0, 0.05) is 17.2 Å². The van der Waals surface area contributed by atoms with Crippen molar-refractivity contribution in [2.75, 3.05) is 17.2 Å². The van der Waals surface area contributed by atoms with Gasteiger partial charge in [-0.15, -0.1) is 0 Å². The van der Waals surface area contributed by atoms with E-state index in [0.29, 0.717) is 0 Å². The summed E-state index contributed by atoms with van der Waals surface area (Å²) in [6, 6.07) is 0. The molecule has 7 heavy (non-hydrogen) atoms. The van der Waals surface area contributed by atoms with Gasteiger partial charge in [-0.2, -0.15) is 0 Å². The molecule has 0 bridgehead atoms.